The van der Waals surface area contributed by atoms with Crippen molar-refractivity contribution in [3.05, 3.63) is 76.5 Å². The molecule has 0 saturated heterocycles. The number of anilines is 1. The summed E-state index contributed by atoms with van der Waals surface area (Å²) in [4.78, 5) is 17.3. The maximum Gasteiger partial charge on any atom is 0.446 e. The first-order valence-electron chi connectivity index (χ1n) is 9.15. The monoisotopic (exact) mass is 446 g/mol. The lowest BCUT2D eigenvalue weighted by atomic mass is 10.1. The summed E-state index contributed by atoms with van der Waals surface area (Å²) in [5, 5.41) is 11.4. The molecule has 31 heavy (non-hydrogen) atoms. The van der Waals surface area contributed by atoms with Crippen molar-refractivity contribution in [3.8, 4) is 11.6 Å². The summed E-state index contributed by atoms with van der Waals surface area (Å²) < 4.78 is 40.1. The van der Waals surface area contributed by atoms with Crippen LogP contribution in [0.3, 0.4) is 0 Å². The van der Waals surface area contributed by atoms with Gasteiger partial charge in [-0.05, 0) is 60.6 Å². The molecule has 0 atom stereocenters. The van der Waals surface area contributed by atoms with Gasteiger partial charge >= 0.3 is 11.2 Å². The van der Waals surface area contributed by atoms with Crippen molar-refractivity contribution in [3.63, 3.8) is 0 Å². The van der Waals surface area contributed by atoms with Gasteiger partial charge in [-0.1, -0.05) is 12.1 Å². The van der Waals surface area contributed by atoms with Crippen molar-refractivity contribution >= 4 is 28.4 Å². The molecule has 0 unspecified atom stereocenters. The van der Waals surface area contributed by atoms with Crippen LogP contribution in [0, 0.1) is 6.92 Å². The highest BCUT2D eigenvalue weighted by Crippen LogP contribution is 2.37. The molecule has 6 nitrogen and oxygen atoms in total. The first-order chi connectivity index (χ1) is 14.7. The maximum atomic E-state index is 13.1. The second-order valence-corrected chi connectivity index (χ2v) is 8.01. The molecule has 0 bridgehead atoms. The normalized spacial score (nSPS) is 11.9. The number of pyridine rings is 1. The fourth-order valence-electron chi connectivity index (χ4n) is 3.42. The van der Waals surface area contributed by atoms with Gasteiger partial charge in [0.05, 0.1) is 29.1 Å². The molecule has 3 N–H and O–H groups in total. The average molecular weight is 446 g/mol. The van der Waals surface area contributed by atoms with Gasteiger partial charge in [-0.25, -0.2) is 9.36 Å². The minimum Gasteiger partial charge on any atom is -0.493 e. The Labute approximate surface area is 178 Å². The van der Waals surface area contributed by atoms with Crippen LogP contribution >= 0.6 is 11.8 Å². The predicted octanol–water partition coefficient (Wildman–Crippen LogP) is 4.44. The van der Waals surface area contributed by atoms with E-state index < -0.39 is 11.2 Å². The standard InChI is InChI=1S/C21H17F3N4O2S/c1-12-19(29)28(14-5-7-15(8-6-14)31-21(22,23)24)20(30)27(12)11-13-9-10-26-18-16(13)3-2-4-17(18)25/h2-10,29H,11,25H2,1H3. The number of hydrogen-bond acceptors (Lipinski definition) is 5. The number of nitrogens with two attached hydrogens (primary N) is 1. The highest BCUT2D eigenvalue weighted by atomic mass is 32.2. The fraction of sp³-hybridized carbons (Fsp3) is 0.143. The highest BCUT2D eigenvalue weighted by molar-refractivity contribution is 8.00. The summed E-state index contributed by atoms with van der Waals surface area (Å²) in [6.45, 7) is 1.76. The lowest BCUT2D eigenvalue weighted by Crippen LogP contribution is -2.24. The Morgan fingerprint density at radius 1 is 1.13 bits per heavy atom. The van der Waals surface area contributed by atoms with Crippen LogP contribution in [-0.4, -0.2) is 24.7 Å². The number of halogens is 3. The van der Waals surface area contributed by atoms with Gasteiger partial charge in [-0.3, -0.25) is 9.55 Å². The zero-order chi connectivity index (χ0) is 22.3. The third kappa shape index (κ3) is 3.98. The van der Waals surface area contributed by atoms with Crippen LogP contribution in [0.2, 0.25) is 0 Å². The number of rotatable bonds is 4. The van der Waals surface area contributed by atoms with Gasteiger partial charge in [0.1, 0.15) is 0 Å². The number of fused-ring (bicyclic) bond motifs is 1. The SMILES string of the molecule is Cc1c(O)n(-c2ccc(SC(F)(F)F)cc2)c(=O)n1Cc1ccnc2c(N)cccc12. The number of benzene rings is 2. The number of para-hydroxylation sites is 1. The Bertz CT molecular complexity index is 1330. The second kappa shape index (κ2) is 7.69. The van der Waals surface area contributed by atoms with Gasteiger partial charge in [0.25, 0.3) is 0 Å². The largest absolute Gasteiger partial charge is 0.493 e. The van der Waals surface area contributed by atoms with E-state index in [0.717, 1.165) is 15.5 Å². The number of imidazole rings is 1. The van der Waals surface area contributed by atoms with Gasteiger partial charge in [0.15, 0.2) is 0 Å². The molecule has 2 aromatic heterocycles. The summed E-state index contributed by atoms with van der Waals surface area (Å²) in [7, 11) is 0. The van der Waals surface area contributed by atoms with Gasteiger partial charge in [0, 0.05) is 16.5 Å². The van der Waals surface area contributed by atoms with E-state index in [1.54, 1.807) is 31.3 Å². The highest BCUT2D eigenvalue weighted by Gasteiger charge is 2.29. The Balaban J connectivity index is 1.74. The second-order valence-electron chi connectivity index (χ2n) is 6.87. The summed E-state index contributed by atoms with van der Waals surface area (Å²) in [6, 6.07) is 12.4. The number of aromatic nitrogens is 3. The van der Waals surface area contributed by atoms with Crippen LogP contribution in [0.25, 0.3) is 16.6 Å². The van der Waals surface area contributed by atoms with Crippen LogP contribution in [0.4, 0.5) is 18.9 Å². The zero-order valence-corrected chi connectivity index (χ0v) is 17.0. The van der Waals surface area contributed by atoms with E-state index in [-0.39, 0.29) is 34.8 Å². The van der Waals surface area contributed by atoms with Gasteiger partial charge in [-0.2, -0.15) is 13.2 Å². The van der Waals surface area contributed by atoms with Crippen molar-refractivity contribution < 1.29 is 18.3 Å². The van der Waals surface area contributed by atoms with Crippen LogP contribution in [-0.2, 0) is 6.54 Å². The first kappa shape index (κ1) is 20.9. The lowest BCUT2D eigenvalue weighted by Gasteiger charge is -2.09. The van der Waals surface area contributed by atoms with E-state index >= 15 is 0 Å². The smallest absolute Gasteiger partial charge is 0.446 e. The molecule has 2 aromatic carbocycles. The van der Waals surface area contributed by atoms with Crippen LogP contribution in [0.1, 0.15) is 11.3 Å². The predicted molar refractivity (Wildman–Crippen MR) is 114 cm³/mol. The van der Waals surface area contributed by atoms with E-state index in [1.165, 1.54) is 28.8 Å². The summed E-state index contributed by atoms with van der Waals surface area (Å²) >= 11 is -0.246. The number of alkyl halides is 3. The molecule has 0 fully saturated rings. The summed E-state index contributed by atoms with van der Waals surface area (Å²) in [6.07, 6.45) is 1.60. The molecule has 0 aliphatic heterocycles. The minimum absolute atomic E-state index is 0.0132. The van der Waals surface area contributed by atoms with E-state index in [1.807, 2.05) is 6.07 Å². The number of nitrogens with zero attached hydrogens (tertiary/aromatic N) is 3. The van der Waals surface area contributed by atoms with Crippen LogP contribution < -0.4 is 11.4 Å². The first-order valence-corrected chi connectivity index (χ1v) is 9.97. The molecule has 0 saturated carbocycles. The zero-order valence-electron chi connectivity index (χ0n) is 16.2. The molecule has 0 aliphatic rings. The summed E-state index contributed by atoms with van der Waals surface area (Å²) in [5.41, 5.74) is 3.58. The molecule has 10 heteroatoms. The van der Waals surface area contributed by atoms with Crippen molar-refractivity contribution in [2.75, 3.05) is 5.73 Å². The number of nitrogen functional groups attached to an aromatic ring is 1. The van der Waals surface area contributed by atoms with Crippen LogP contribution in [0.15, 0.2) is 64.4 Å². The van der Waals surface area contributed by atoms with Crippen molar-refractivity contribution in [1.82, 2.24) is 14.1 Å². The maximum absolute atomic E-state index is 13.1. The fourth-order valence-corrected chi connectivity index (χ4v) is 3.96. The molecule has 0 aliphatic carbocycles. The van der Waals surface area contributed by atoms with Gasteiger partial charge < -0.3 is 10.8 Å². The summed E-state index contributed by atoms with van der Waals surface area (Å²) in [5.74, 6) is -0.279. The molecule has 4 aromatic rings. The number of thioether (sulfide) groups is 1. The molecule has 160 valence electrons. The van der Waals surface area contributed by atoms with E-state index in [9.17, 15) is 23.1 Å². The molecular weight excluding hydrogens is 429 g/mol. The Morgan fingerprint density at radius 3 is 2.52 bits per heavy atom. The molecule has 4 rings (SSSR count). The Morgan fingerprint density at radius 2 is 1.84 bits per heavy atom. The van der Waals surface area contributed by atoms with E-state index in [4.69, 9.17) is 5.73 Å². The quantitative estimate of drug-likeness (QED) is 0.358. The van der Waals surface area contributed by atoms with Crippen LogP contribution in [0.5, 0.6) is 5.88 Å². The average Bonchev–Trinajstić information content (AvgIpc) is 2.92. The molecule has 2 heterocycles. The Kier molecular flexibility index (Phi) is 5.18. The van der Waals surface area contributed by atoms with Crippen molar-refractivity contribution in [2.45, 2.75) is 23.9 Å². The minimum atomic E-state index is -4.41. The molecule has 0 amide bonds. The van der Waals surface area contributed by atoms with Crippen molar-refractivity contribution in [1.29, 1.82) is 0 Å². The number of aromatic hydroxyl groups is 1. The Hall–Kier alpha value is -3.40. The topological polar surface area (TPSA) is 86.1 Å². The molecular formula is C21H17F3N4O2S. The van der Waals surface area contributed by atoms with E-state index in [0.29, 0.717) is 16.9 Å². The molecule has 0 radical (unpaired) electrons. The third-order valence-corrected chi connectivity index (χ3v) is 5.65. The lowest BCUT2D eigenvalue weighted by molar-refractivity contribution is -0.0328. The molecule has 0 spiro atoms. The van der Waals surface area contributed by atoms with Gasteiger partial charge in [0.2, 0.25) is 5.88 Å². The van der Waals surface area contributed by atoms with Gasteiger partial charge in [-0.15, -0.1) is 0 Å². The van der Waals surface area contributed by atoms with Crippen molar-refractivity contribution in [2.24, 2.45) is 0 Å². The number of hydrogen-bond donors (Lipinski definition) is 2. The van der Waals surface area contributed by atoms with E-state index in [2.05, 4.69) is 4.98 Å². The third-order valence-electron chi connectivity index (χ3n) is 4.91.